The molecular weight excluding hydrogens is 156 g/mol. The zero-order valence-electron chi connectivity index (χ0n) is 7.32. The van der Waals surface area contributed by atoms with Crippen LogP contribution in [0.1, 0.15) is 13.8 Å². The van der Waals surface area contributed by atoms with Crippen molar-refractivity contribution in [1.82, 2.24) is 0 Å². The molecule has 0 amide bonds. The predicted molar refractivity (Wildman–Crippen MR) is 45.5 cm³/mol. The minimum absolute atomic E-state index is 0.290. The van der Waals surface area contributed by atoms with Gasteiger partial charge >= 0.3 is 0 Å². The Morgan fingerprint density at radius 3 is 2.75 bits per heavy atom. The quantitative estimate of drug-likeness (QED) is 0.605. The van der Waals surface area contributed by atoms with Gasteiger partial charge in [-0.25, -0.2) is 0 Å². The first-order valence-corrected chi connectivity index (χ1v) is 3.94. The number of rotatable bonds is 1. The van der Waals surface area contributed by atoms with Crippen LogP contribution in [0, 0.1) is 0 Å². The fourth-order valence-electron chi connectivity index (χ4n) is 1.09. The number of hydrogen-bond donors (Lipinski definition) is 2. The van der Waals surface area contributed by atoms with Crippen molar-refractivity contribution >= 4 is 0 Å². The van der Waals surface area contributed by atoms with E-state index in [1.807, 2.05) is 19.1 Å². The second-order valence-electron chi connectivity index (χ2n) is 3.01. The summed E-state index contributed by atoms with van der Waals surface area (Å²) in [5.74, 6) is -1.42. The lowest BCUT2D eigenvalue weighted by Gasteiger charge is -2.18. The van der Waals surface area contributed by atoms with Crippen LogP contribution < -0.4 is 0 Å². The van der Waals surface area contributed by atoms with E-state index in [1.54, 1.807) is 6.08 Å². The van der Waals surface area contributed by atoms with Gasteiger partial charge in [0.2, 0.25) is 0 Å². The average molecular weight is 170 g/mol. The molecule has 1 heterocycles. The van der Waals surface area contributed by atoms with Crippen LogP contribution in [0.5, 0.6) is 0 Å². The van der Waals surface area contributed by atoms with E-state index >= 15 is 0 Å². The molecule has 0 saturated carbocycles. The van der Waals surface area contributed by atoms with Crippen molar-refractivity contribution in [2.24, 2.45) is 0 Å². The Balaban J connectivity index is 2.73. The SMILES string of the molecule is C/C=C/C=C1\CO[C@](C)(O)[C@H]1O. The van der Waals surface area contributed by atoms with Crippen LogP contribution in [0.3, 0.4) is 0 Å². The van der Waals surface area contributed by atoms with Gasteiger partial charge in [-0.2, -0.15) is 0 Å². The Kier molecular flexibility index (Phi) is 2.67. The minimum atomic E-state index is -1.42. The maximum Gasteiger partial charge on any atom is 0.193 e. The summed E-state index contributed by atoms with van der Waals surface area (Å²) in [5, 5.41) is 18.9. The van der Waals surface area contributed by atoms with Gasteiger partial charge in [-0.05, 0) is 19.4 Å². The Bertz CT molecular complexity index is 216. The van der Waals surface area contributed by atoms with Crippen LogP contribution in [0.4, 0.5) is 0 Å². The van der Waals surface area contributed by atoms with Crippen molar-refractivity contribution in [3.8, 4) is 0 Å². The van der Waals surface area contributed by atoms with Crippen molar-refractivity contribution < 1.29 is 14.9 Å². The van der Waals surface area contributed by atoms with E-state index in [9.17, 15) is 10.2 Å². The molecule has 0 aromatic carbocycles. The second kappa shape index (κ2) is 3.39. The van der Waals surface area contributed by atoms with Crippen LogP contribution in [-0.4, -0.2) is 28.7 Å². The summed E-state index contributed by atoms with van der Waals surface area (Å²) in [6.45, 7) is 3.63. The van der Waals surface area contributed by atoms with Crippen LogP contribution in [-0.2, 0) is 4.74 Å². The van der Waals surface area contributed by atoms with Gasteiger partial charge < -0.3 is 14.9 Å². The summed E-state index contributed by atoms with van der Waals surface area (Å²) in [7, 11) is 0. The van der Waals surface area contributed by atoms with E-state index in [2.05, 4.69) is 0 Å². The van der Waals surface area contributed by atoms with E-state index in [1.165, 1.54) is 6.92 Å². The van der Waals surface area contributed by atoms with Crippen molar-refractivity contribution in [2.75, 3.05) is 6.61 Å². The molecule has 1 aliphatic rings. The van der Waals surface area contributed by atoms with Crippen molar-refractivity contribution in [2.45, 2.75) is 25.7 Å². The van der Waals surface area contributed by atoms with Crippen molar-refractivity contribution in [3.05, 3.63) is 23.8 Å². The van der Waals surface area contributed by atoms with Crippen LogP contribution >= 0.6 is 0 Å². The molecule has 0 unspecified atom stereocenters. The third-order valence-electron chi connectivity index (χ3n) is 1.89. The summed E-state index contributed by atoms with van der Waals surface area (Å²) >= 11 is 0. The maximum absolute atomic E-state index is 9.47. The molecule has 1 rings (SSSR count). The van der Waals surface area contributed by atoms with Crippen molar-refractivity contribution in [1.29, 1.82) is 0 Å². The zero-order valence-corrected chi connectivity index (χ0v) is 7.32. The van der Waals surface area contributed by atoms with Gasteiger partial charge in [0.1, 0.15) is 6.10 Å². The van der Waals surface area contributed by atoms with E-state index in [0.29, 0.717) is 12.2 Å². The summed E-state index contributed by atoms with van der Waals surface area (Å²) in [4.78, 5) is 0. The minimum Gasteiger partial charge on any atom is -0.383 e. The molecule has 0 radical (unpaired) electrons. The standard InChI is InChI=1S/C9H14O3/c1-3-4-5-7-6-12-9(2,11)8(7)10/h3-5,8,10-11H,6H2,1-2H3/b4-3+,7-5+/t8-,9-/m0/s1. The first-order chi connectivity index (χ1) is 5.58. The Hall–Kier alpha value is -0.640. The number of hydrogen-bond acceptors (Lipinski definition) is 3. The predicted octanol–water partition coefficient (Wildman–Crippen LogP) is 0.589. The Morgan fingerprint density at radius 1 is 1.67 bits per heavy atom. The van der Waals surface area contributed by atoms with Crippen LogP contribution in [0.25, 0.3) is 0 Å². The molecule has 0 aromatic rings. The monoisotopic (exact) mass is 170 g/mol. The molecule has 1 saturated heterocycles. The highest BCUT2D eigenvalue weighted by molar-refractivity contribution is 5.21. The van der Waals surface area contributed by atoms with Crippen LogP contribution in [0.15, 0.2) is 23.8 Å². The van der Waals surface area contributed by atoms with E-state index in [-0.39, 0.29) is 0 Å². The topological polar surface area (TPSA) is 49.7 Å². The smallest absolute Gasteiger partial charge is 0.193 e. The first-order valence-electron chi connectivity index (χ1n) is 3.94. The highest BCUT2D eigenvalue weighted by atomic mass is 16.6. The summed E-state index contributed by atoms with van der Waals surface area (Å²) in [6.07, 6.45) is 4.51. The molecule has 3 heteroatoms. The van der Waals surface area contributed by atoms with Gasteiger partial charge in [0.05, 0.1) is 6.61 Å². The van der Waals surface area contributed by atoms with Gasteiger partial charge in [-0.15, -0.1) is 0 Å². The molecule has 1 fully saturated rings. The summed E-state index contributed by atoms with van der Waals surface area (Å²) in [5.41, 5.74) is 0.707. The number of aliphatic hydroxyl groups excluding tert-OH is 1. The highest BCUT2D eigenvalue weighted by Crippen LogP contribution is 2.26. The highest BCUT2D eigenvalue weighted by Gasteiger charge is 2.40. The van der Waals surface area contributed by atoms with Gasteiger partial charge in [-0.1, -0.05) is 18.2 Å². The lowest BCUT2D eigenvalue weighted by atomic mass is 10.1. The second-order valence-corrected chi connectivity index (χ2v) is 3.01. The van der Waals surface area contributed by atoms with Gasteiger partial charge in [0, 0.05) is 0 Å². The van der Waals surface area contributed by atoms with E-state index < -0.39 is 11.9 Å². The molecule has 68 valence electrons. The Labute approximate surface area is 72.0 Å². The molecule has 0 spiro atoms. The number of aliphatic hydroxyl groups is 2. The van der Waals surface area contributed by atoms with Crippen LogP contribution in [0.2, 0.25) is 0 Å². The molecule has 3 nitrogen and oxygen atoms in total. The summed E-state index contributed by atoms with van der Waals surface area (Å²) in [6, 6.07) is 0. The third kappa shape index (κ3) is 1.75. The normalized spacial score (nSPS) is 40.0. The van der Waals surface area contributed by atoms with Gasteiger partial charge in [-0.3, -0.25) is 0 Å². The third-order valence-corrected chi connectivity index (χ3v) is 1.89. The lowest BCUT2D eigenvalue weighted by Crippen LogP contribution is -2.35. The fourth-order valence-corrected chi connectivity index (χ4v) is 1.09. The Morgan fingerprint density at radius 2 is 2.33 bits per heavy atom. The molecule has 0 aromatic heterocycles. The number of allylic oxidation sites excluding steroid dienone is 3. The lowest BCUT2D eigenvalue weighted by molar-refractivity contribution is -0.197. The molecule has 2 N–H and O–H groups in total. The molecule has 1 aliphatic heterocycles. The number of ether oxygens (including phenoxy) is 1. The molecule has 0 bridgehead atoms. The fraction of sp³-hybridized carbons (Fsp3) is 0.556. The molecule has 2 atom stereocenters. The maximum atomic E-state index is 9.47. The molecular formula is C9H14O3. The van der Waals surface area contributed by atoms with E-state index in [0.717, 1.165) is 0 Å². The van der Waals surface area contributed by atoms with Gasteiger partial charge in [0.15, 0.2) is 5.79 Å². The van der Waals surface area contributed by atoms with E-state index in [4.69, 9.17) is 4.74 Å². The first kappa shape index (κ1) is 9.45. The zero-order chi connectivity index (χ0) is 9.19. The molecule has 12 heavy (non-hydrogen) atoms. The average Bonchev–Trinajstić information content (AvgIpc) is 2.26. The van der Waals surface area contributed by atoms with Gasteiger partial charge in [0.25, 0.3) is 0 Å². The van der Waals surface area contributed by atoms with Crippen molar-refractivity contribution in [3.63, 3.8) is 0 Å². The molecule has 0 aliphatic carbocycles. The largest absolute Gasteiger partial charge is 0.383 e. The summed E-state index contributed by atoms with van der Waals surface area (Å²) < 4.78 is 4.97.